The summed E-state index contributed by atoms with van der Waals surface area (Å²) >= 11 is 0. The van der Waals surface area contributed by atoms with Crippen LogP contribution >= 0.6 is 0 Å². The van der Waals surface area contributed by atoms with Gasteiger partial charge in [-0.15, -0.1) is 6.42 Å². The molecule has 0 radical (unpaired) electrons. The van der Waals surface area contributed by atoms with Crippen molar-refractivity contribution < 1.29 is 9.31 Å². The van der Waals surface area contributed by atoms with Crippen molar-refractivity contribution in [1.29, 1.82) is 0 Å². The summed E-state index contributed by atoms with van der Waals surface area (Å²) in [4.78, 5) is 14.2. The average Bonchev–Trinajstić information content (AvgIpc) is 2.36. The molecule has 2 rings (SSSR count). The number of aromatic nitrogens is 1. The van der Waals surface area contributed by atoms with E-state index in [9.17, 15) is 14.5 Å². The molecule has 0 unspecified atom stereocenters. The number of pyridine rings is 1. The van der Waals surface area contributed by atoms with Crippen molar-refractivity contribution in [3.63, 3.8) is 0 Å². The molecule has 1 N–H and O–H groups in total. The van der Waals surface area contributed by atoms with E-state index < -0.39 is 10.7 Å². The zero-order chi connectivity index (χ0) is 13.1. The van der Waals surface area contributed by atoms with Gasteiger partial charge in [-0.3, -0.25) is 15.1 Å². The Morgan fingerprint density at radius 3 is 3.06 bits per heavy atom. The molecule has 5 nitrogen and oxygen atoms in total. The minimum atomic E-state index is -0.747. The lowest BCUT2D eigenvalue weighted by molar-refractivity contribution is -0.383. The van der Waals surface area contributed by atoms with E-state index >= 15 is 0 Å². The summed E-state index contributed by atoms with van der Waals surface area (Å²) in [6.07, 6.45) is 6.52. The first-order valence-corrected chi connectivity index (χ1v) is 5.04. The Morgan fingerprint density at radius 2 is 2.39 bits per heavy atom. The molecule has 6 heteroatoms. The van der Waals surface area contributed by atoms with Gasteiger partial charge >= 0.3 is 0 Å². The molecule has 1 aromatic carbocycles. The molecular weight excluding hydrogens is 237 g/mol. The third-order valence-electron chi connectivity index (χ3n) is 2.39. The van der Waals surface area contributed by atoms with Crippen LogP contribution in [0.15, 0.2) is 24.4 Å². The van der Waals surface area contributed by atoms with Gasteiger partial charge in [-0.05, 0) is 12.1 Å². The number of fused-ring (bicyclic) bond motifs is 1. The molecule has 0 fully saturated rings. The van der Waals surface area contributed by atoms with E-state index in [0.717, 1.165) is 6.07 Å². The van der Waals surface area contributed by atoms with Gasteiger partial charge in [0.1, 0.15) is 5.52 Å². The van der Waals surface area contributed by atoms with E-state index in [0.29, 0.717) is 0 Å². The number of non-ortho nitro benzene ring substituents is 1. The maximum atomic E-state index is 13.8. The van der Waals surface area contributed by atoms with E-state index in [-0.39, 0.29) is 28.8 Å². The molecule has 18 heavy (non-hydrogen) atoms. The number of anilines is 1. The van der Waals surface area contributed by atoms with Crippen molar-refractivity contribution in [2.45, 2.75) is 0 Å². The molecular formula is C12H8FN3O2. The van der Waals surface area contributed by atoms with Crippen molar-refractivity contribution in [2.24, 2.45) is 0 Å². The Labute approximate surface area is 102 Å². The van der Waals surface area contributed by atoms with Crippen LogP contribution in [0.1, 0.15) is 0 Å². The molecule has 0 saturated heterocycles. The van der Waals surface area contributed by atoms with Gasteiger partial charge in [0.2, 0.25) is 0 Å². The molecule has 0 saturated carbocycles. The summed E-state index contributed by atoms with van der Waals surface area (Å²) < 4.78 is 13.8. The molecule has 2 aromatic rings. The highest BCUT2D eigenvalue weighted by Crippen LogP contribution is 2.32. The molecule has 90 valence electrons. The number of nitro groups is 1. The number of terminal acetylenes is 1. The maximum Gasteiger partial charge on any atom is 0.281 e. The summed E-state index contributed by atoms with van der Waals surface area (Å²) in [7, 11) is 0. The van der Waals surface area contributed by atoms with Gasteiger partial charge in [0.25, 0.3) is 5.69 Å². The SMILES string of the molecule is C#CCNc1c(F)cc([N+](=O)[O-])c2cccnc12. The summed E-state index contributed by atoms with van der Waals surface area (Å²) in [6, 6.07) is 3.93. The smallest absolute Gasteiger partial charge is 0.281 e. The van der Waals surface area contributed by atoms with Crippen molar-refractivity contribution in [3.8, 4) is 12.3 Å². The topological polar surface area (TPSA) is 68.1 Å². The Bertz CT molecular complexity index is 664. The first-order chi connectivity index (χ1) is 8.65. The van der Waals surface area contributed by atoms with Gasteiger partial charge in [-0.25, -0.2) is 4.39 Å². The fraction of sp³-hybridized carbons (Fsp3) is 0.0833. The lowest BCUT2D eigenvalue weighted by Gasteiger charge is -2.08. The lowest BCUT2D eigenvalue weighted by atomic mass is 10.1. The zero-order valence-electron chi connectivity index (χ0n) is 9.18. The van der Waals surface area contributed by atoms with Gasteiger partial charge in [-0.1, -0.05) is 5.92 Å². The lowest BCUT2D eigenvalue weighted by Crippen LogP contribution is -2.04. The van der Waals surface area contributed by atoms with Crippen molar-refractivity contribution in [1.82, 2.24) is 4.98 Å². The summed E-state index contributed by atoms with van der Waals surface area (Å²) in [6.45, 7) is 0.112. The van der Waals surface area contributed by atoms with Crippen LogP contribution in [-0.4, -0.2) is 16.5 Å². The third-order valence-corrected chi connectivity index (χ3v) is 2.39. The highest BCUT2D eigenvalue weighted by Gasteiger charge is 2.19. The van der Waals surface area contributed by atoms with Crippen LogP contribution in [0, 0.1) is 28.3 Å². The average molecular weight is 245 g/mol. The Kier molecular flexibility index (Phi) is 3.06. The Balaban J connectivity index is 2.74. The number of rotatable bonds is 3. The van der Waals surface area contributed by atoms with E-state index in [1.54, 1.807) is 6.07 Å². The van der Waals surface area contributed by atoms with Crippen LogP contribution in [0.25, 0.3) is 10.9 Å². The zero-order valence-corrected chi connectivity index (χ0v) is 9.18. The molecule has 0 bridgehead atoms. The van der Waals surface area contributed by atoms with Gasteiger partial charge in [0.05, 0.1) is 28.6 Å². The molecule has 0 spiro atoms. The van der Waals surface area contributed by atoms with Crippen LogP contribution < -0.4 is 5.32 Å². The van der Waals surface area contributed by atoms with E-state index in [1.807, 2.05) is 0 Å². The highest BCUT2D eigenvalue weighted by atomic mass is 19.1. The van der Waals surface area contributed by atoms with Crippen molar-refractivity contribution in [3.05, 3.63) is 40.3 Å². The molecule has 0 aliphatic heterocycles. The van der Waals surface area contributed by atoms with Crippen LogP contribution in [0.3, 0.4) is 0 Å². The molecule has 1 heterocycles. The monoisotopic (exact) mass is 245 g/mol. The van der Waals surface area contributed by atoms with E-state index in [4.69, 9.17) is 6.42 Å². The molecule has 0 amide bonds. The summed E-state index contributed by atoms with van der Waals surface area (Å²) in [5.74, 6) is 1.56. The number of hydrogen-bond acceptors (Lipinski definition) is 4. The van der Waals surface area contributed by atoms with Crippen LogP contribution in [0.4, 0.5) is 15.8 Å². The number of hydrogen-bond donors (Lipinski definition) is 1. The second kappa shape index (κ2) is 4.67. The molecule has 0 aliphatic rings. The minimum absolute atomic E-state index is 0.0779. The Morgan fingerprint density at radius 1 is 1.61 bits per heavy atom. The fourth-order valence-corrected chi connectivity index (χ4v) is 1.65. The first-order valence-electron chi connectivity index (χ1n) is 5.04. The second-order valence-electron chi connectivity index (χ2n) is 3.47. The highest BCUT2D eigenvalue weighted by molar-refractivity contribution is 5.97. The van der Waals surface area contributed by atoms with Crippen LogP contribution in [-0.2, 0) is 0 Å². The summed E-state index contributed by atoms with van der Waals surface area (Å²) in [5, 5.41) is 13.8. The van der Waals surface area contributed by atoms with Crippen LogP contribution in [0.2, 0.25) is 0 Å². The fourth-order valence-electron chi connectivity index (χ4n) is 1.65. The largest absolute Gasteiger partial charge is 0.370 e. The van der Waals surface area contributed by atoms with Gasteiger partial charge in [0, 0.05) is 6.20 Å². The number of halogens is 1. The summed E-state index contributed by atoms with van der Waals surface area (Å²) in [5.41, 5.74) is -0.0459. The molecule has 1 aromatic heterocycles. The maximum absolute atomic E-state index is 13.8. The molecule has 0 aliphatic carbocycles. The molecule has 0 atom stereocenters. The normalized spacial score (nSPS) is 10.0. The Hall–Kier alpha value is -2.68. The standard InChI is InChI=1S/C12H8FN3O2/c1-2-5-14-12-9(13)7-10(16(17)18)8-4-3-6-15-11(8)12/h1,3-4,6-7,14H,5H2. The van der Waals surface area contributed by atoms with Gasteiger partial charge in [-0.2, -0.15) is 0 Å². The van der Waals surface area contributed by atoms with E-state index in [2.05, 4.69) is 16.2 Å². The number of nitro benzene ring substituents is 1. The quantitative estimate of drug-likeness (QED) is 0.512. The first kappa shape index (κ1) is 11.8. The minimum Gasteiger partial charge on any atom is -0.370 e. The van der Waals surface area contributed by atoms with Gasteiger partial charge < -0.3 is 5.32 Å². The predicted octanol–water partition coefficient (Wildman–Crippen LogP) is 2.33. The van der Waals surface area contributed by atoms with Crippen LogP contribution in [0.5, 0.6) is 0 Å². The van der Waals surface area contributed by atoms with Crippen molar-refractivity contribution >= 4 is 22.3 Å². The van der Waals surface area contributed by atoms with Crippen molar-refractivity contribution in [2.75, 3.05) is 11.9 Å². The number of nitrogens with one attached hydrogen (secondary N) is 1. The van der Waals surface area contributed by atoms with E-state index in [1.165, 1.54) is 12.3 Å². The third kappa shape index (κ3) is 1.94. The second-order valence-corrected chi connectivity index (χ2v) is 3.47. The number of benzene rings is 1. The predicted molar refractivity (Wildman–Crippen MR) is 65.7 cm³/mol. The number of nitrogens with zero attached hydrogens (tertiary/aromatic N) is 2. The van der Waals surface area contributed by atoms with Gasteiger partial charge in [0.15, 0.2) is 5.82 Å².